The molecule has 1 atom stereocenters. The molecule has 0 spiro atoms. The van der Waals surface area contributed by atoms with E-state index in [2.05, 4.69) is 25.5 Å². The lowest BCUT2D eigenvalue weighted by atomic mass is 10.0. The molecule has 3 aromatic heterocycles. The van der Waals surface area contributed by atoms with Gasteiger partial charge in [-0.15, -0.1) is 5.10 Å². The van der Waals surface area contributed by atoms with Gasteiger partial charge in [-0.1, -0.05) is 23.7 Å². The van der Waals surface area contributed by atoms with Crippen LogP contribution < -0.4 is 5.56 Å². The summed E-state index contributed by atoms with van der Waals surface area (Å²) in [7, 11) is 0. The van der Waals surface area contributed by atoms with E-state index in [1.165, 1.54) is 11.0 Å². The number of hydrogen-bond donors (Lipinski definition) is 2. The van der Waals surface area contributed by atoms with Crippen LogP contribution in [0.4, 0.5) is 0 Å². The number of nitrogens with zero attached hydrogens (tertiary/aromatic N) is 6. The van der Waals surface area contributed by atoms with Gasteiger partial charge in [0.2, 0.25) is 0 Å². The number of H-pyrrole nitrogens is 1. The highest BCUT2D eigenvalue weighted by atomic mass is 35.5. The van der Waals surface area contributed by atoms with Gasteiger partial charge in [-0.05, 0) is 70.8 Å². The van der Waals surface area contributed by atoms with Crippen LogP contribution in [0.15, 0.2) is 71.9 Å². The normalized spacial score (nSPS) is 14.6. The number of carboxylic acids is 1. The van der Waals surface area contributed by atoms with Gasteiger partial charge in [0.25, 0.3) is 5.56 Å². The lowest BCUT2D eigenvalue weighted by Gasteiger charge is -2.15. The van der Waals surface area contributed by atoms with Crippen LogP contribution >= 0.6 is 11.6 Å². The Morgan fingerprint density at radius 2 is 1.92 bits per heavy atom. The van der Waals surface area contributed by atoms with Crippen molar-refractivity contribution in [1.82, 2.24) is 34.7 Å². The summed E-state index contributed by atoms with van der Waals surface area (Å²) in [5.74, 6) is -0.297. The smallest absolute Gasteiger partial charge is 0.335 e. The highest BCUT2D eigenvalue weighted by Crippen LogP contribution is 2.34. The molecule has 5 aromatic rings. The molecule has 0 radical (unpaired) electrons. The summed E-state index contributed by atoms with van der Waals surface area (Å²) in [5.41, 5.74) is 4.75. The van der Waals surface area contributed by atoms with Crippen molar-refractivity contribution in [2.24, 2.45) is 0 Å². The fourth-order valence-electron chi connectivity index (χ4n) is 4.67. The molecule has 6 rings (SSSR count). The Bertz CT molecular complexity index is 1660. The van der Waals surface area contributed by atoms with Gasteiger partial charge in [-0.3, -0.25) is 4.79 Å². The predicted molar refractivity (Wildman–Crippen MR) is 131 cm³/mol. The molecule has 10 nitrogen and oxygen atoms in total. The first kappa shape index (κ1) is 21.9. The molecule has 1 unspecified atom stereocenters. The average molecular weight is 500 g/mol. The van der Waals surface area contributed by atoms with Crippen molar-refractivity contribution in [3.63, 3.8) is 0 Å². The number of hydrogen-bond acceptors (Lipinski definition) is 6. The molecule has 36 heavy (non-hydrogen) atoms. The number of benzene rings is 2. The van der Waals surface area contributed by atoms with Crippen molar-refractivity contribution in [3.8, 4) is 28.1 Å². The van der Waals surface area contributed by atoms with Crippen molar-refractivity contribution < 1.29 is 9.90 Å². The predicted octanol–water partition coefficient (Wildman–Crippen LogP) is 3.77. The fourth-order valence-corrected chi connectivity index (χ4v) is 4.84. The number of carboxylic acid groups (broad SMARTS) is 1. The maximum atomic E-state index is 13.3. The topological polar surface area (TPSA) is 132 Å². The Labute approximate surface area is 208 Å². The largest absolute Gasteiger partial charge is 0.478 e. The second-order valence-electron chi connectivity index (χ2n) is 8.48. The zero-order chi connectivity index (χ0) is 24.8. The second-order valence-corrected chi connectivity index (χ2v) is 8.91. The standard InChI is InChI=1S/C25H18ClN7O3/c26-17-5-7-21(32-13-28-30-31-32)19(11-17)16-9-18-6-8-22(33(18)23(34)10-16)24-27-12-20(29-24)14-1-3-15(4-2-14)25(35)36/h1-5,7,9-13,22H,6,8H2,(H,27,29)(H,35,36). The molecule has 2 N–H and O–H groups in total. The van der Waals surface area contributed by atoms with Crippen LogP contribution in [0.1, 0.15) is 34.3 Å². The summed E-state index contributed by atoms with van der Waals surface area (Å²) >= 11 is 6.28. The van der Waals surface area contributed by atoms with Gasteiger partial charge in [0.05, 0.1) is 29.2 Å². The third kappa shape index (κ3) is 3.77. The molecule has 4 heterocycles. The minimum Gasteiger partial charge on any atom is -0.478 e. The number of fused-ring (bicyclic) bond motifs is 1. The first-order valence-corrected chi connectivity index (χ1v) is 11.5. The first-order chi connectivity index (χ1) is 17.5. The molecule has 0 aliphatic carbocycles. The van der Waals surface area contributed by atoms with Crippen molar-refractivity contribution in [1.29, 1.82) is 0 Å². The maximum absolute atomic E-state index is 13.3. The summed E-state index contributed by atoms with van der Waals surface area (Å²) in [5, 5.41) is 21.0. The Kier molecular flexibility index (Phi) is 5.23. The molecule has 0 saturated heterocycles. The molecule has 178 valence electrons. The molecule has 0 amide bonds. The number of imidazole rings is 1. The van der Waals surface area contributed by atoms with Gasteiger partial charge in [-0.25, -0.2) is 9.78 Å². The molecular formula is C25H18ClN7O3. The third-order valence-corrected chi connectivity index (χ3v) is 6.59. The van der Waals surface area contributed by atoms with Crippen LogP contribution in [0.2, 0.25) is 5.02 Å². The molecule has 11 heteroatoms. The number of rotatable bonds is 5. The molecular weight excluding hydrogens is 482 g/mol. The Balaban J connectivity index is 1.35. The Morgan fingerprint density at radius 3 is 2.67 bits per heavy atom. The first-order valence-electron chi connectivity index (χ1n) is 11.2. The number of pyridine rings is 1. The van der Waals surface area contributed by atoms with E-state index in [0.29, 0.717) is 23.0 Å². The lowest BCUT2D eigenvalue weighted by molar-refractivity contribution is 0.0697. The minimum atomic E-state index is -0.976. The molecule has 1 aliphatic heterocycles. The van der Waals surface area contributed by atoms with Gasteiger partial charge < -0.3 is 14.7 Å². The number of aryl methyl sites for hydroxylation is 1. The van der Waals surface area contributed by atoms with Crippen molar-refractivity contribution in [2.45, 2.75) is 18.9 Å². The quantitative estimate of drug-likeness (QED) is 0.376. The van der Waals surface area contributed by atoms with Gasteiger partial charge >= 0.3 is 5.97 Å². The number of halogens is 1. The van der Waals surface area contributed by atoms with Gasteiger partial charge in [0, 0.05) is 22.3 Å². The van der Waals surface area contributed by atoms with Crippen LogP contribution in [0.5, 0.6) is 0 Å². The van der Waals surface area contributed by atoms with Crippen molar-refractivity contribution in [2.75, 3.05) is 0 Å². The van der Waals surface area contributed by atoms with E-state index >= 15 is 0 Å². The Hall–Kier alpha value is -4.57. The van der Waals surface area contributed by atoms with Gasteiger partial charge in [0.15, 0.2) is 0 Å². The molecule has 0 bridgehead atoms. The van der Waals surface area contributed by atoms with Crippen LogP contribution in [0.25, 0.3) is 28.1 Å². The summed E-state index contributed by atoms with van der Waals surface area (Å²) in [6.45, 7) is 0. The van der Waals surface area contributed by atoms with E-state index in [1.54, 1.807) is 53.2 Å². The van der Waals surface area contributed by atoms with Gasteiger partial charge in [-0.2, -0.15) is 4.68 Å². The number of carbonyl (C=O) groups is 1. The van der Waals surface area contributed by atoms with Crippen LogP contribution in [0.3, 0.4) is 0 Å². The van der Waals surface area contributed by atoms with E-state index < -0.39 is 5.97 Å². The summed E-state index contributed by atoms with van der Waals surface area (Å²) < 4.78 is 3.30. The molecule has 1 aliphatic rings. The molecule has 0 saturated carbocycles. The van der Waals surface area contributed by atoms with E-state index in [1.807, 2.05) is 12.1 Å². The third-order valence-electron chi connectivity index (χ3n) is 6.35. The summed E-state index contributed by atoms with van der Waals surface area (Å²) in [6, 6.07) is 15.3. The zero-order valence-electron chi connectivity index (χ0n) is 18.7. The Morgan fingerprint density at radius 1 is 1.08 bits per heavy atom. The minimum absolute atomic E-state index is 0.142. The van der Waals surface area contributed by atoms with E-state index in [-0.39, 0.29) is 17.2 Å². The lowest BCUT2D eigenvalue weighted by Crippen LogP contribution is -2.23. The highest BCUT2D eigenvalue weighted by molar-refractivity contribution is 6.31. The monoisotopic (exact) mass is 499 g/mol. The molecule has 0 fully saturated rings. The molecule has 2 aromatic carbocycles. The second kappa shape index (κ2) is 8.58. The summed E-state index contributed by atoms with van der Waals surface area (Å²) in [4.78, 5) is 32.3. The fraction of sp³-hybridized carbons (Fsp3) is 0.120. The SMILES string of the molecule is O=C(O)c1ccc(-c2cnc(C3CCc4cc(-c5cc(Cl)ccc5-n5cnnn5)cc(=O)n43)[nH]2)cc1. The zero-order valence-corrected chi connectivity index (χ0v) is 19.4. The van der Waals surface area contributed by atoms with Crippen LogP contribution in [-0.2, 0) is 6.42 Å². The number of aromatic nitrogens is 7. The highest BCUT2D eigenvalue weighted by Gasteiger charge is 2.28. The van der Waals surface area contributed by atoms with E-state index in [4.69, 9.17) is 16.7 Å². The van der Waals surface area contributed by atoms with Crippen molar-refractivity contribution >= 4 is 17.6 Å². The number of tetrazole rings is 1. The summed E-state index contributed by atoms with van der Waals surface area (Å²) in [6.07, 6.45) is 4.62. The van der Waals surface area contributed by atoms with Crippen LogP contribution in [-0.4, -0.2) is 45.8 Å². The van der Waals surface area contributed by atoms with E-state index in [0.717, 1.165) is 34.5 Å². The number of aromatic carboxylic acids is 1. The average Bonchev–Trinajstić information content (AvgIpc) is 3.64. The van der Waals surface area contributed by atoms with Crippen molar-refractivity contribution in [3.05, 3.63) is 99.6 Å². The number of nitrogens with one attached hydrogen (secondary N) is 1. The van der Waals surface area contributed by atoms with E-state index in [9.17, 15) is 9.59 Å². The maximum Gasteiger partial charge on any atom is 0.335 e. The van der Waals surface area contributed by atoms with Gasteiger partial charge in [0.1, 0.15) is 12.2 Å². The number of aromatic amines is 1. The van der Waals surface area contributed by atoms with Crippen LogP contribution in [0, 0.1) is 0 Å².